The second-order valence-electron chi connectivity index (χ2n) is 3.44. The Labute approximate surface area is 78.8 Å². The van der Waals surface area contributed by atoms with Crippen molar-refractivity contribution in [1.82, 2.24) is 0 Å². The van der Waals surface area contributed by atoms with Crippen LogP contribution in [0.2, 0.25) is 0 Å². The Hall–Kier alpha value is -0.160. The van der Waals surface area contributed by atoms with Crippen LogP contribution in [0.25, 0.3) is 0 Å². The van der Waals surface area contributed by atoms with Gasteiger partial charge in [0.2, 0.25) is 0 Å². The maximum absolute atomic E-state index is 9.47. The Bertz CT molecular complexity index is 132. The second-order valence-corrected chi connectivity index (χ2v) is 3.44. The van der Waals surface area contributed by atoms with Crippen LogP contribution >= 0.6 is 0 Å². The number of rotatable bonds is 5. The fourth-order valence-electron chi connectivity index (χ4n) is 1.14. The third kappa shape index (κ3) is 4.57. The zero-order valence-electron chi connectivity index (χ0n) is 8.23. The summed E-state index contributed by atoms with van der Waals surface area (Å²) in [6, 6.07) is 0. The number of ether oxygens (including phenoxy) is 3. The highest BCUT2D eigenvalue weighted by Gasteiger charge is 2.20. The third-order valence-electron chi connectivity index (χ3n) is 1.78. The SMILES string of the molecule is CC(C)OCC(O)CC1OCCO1. The lowest BCUT2D eigenvalue weighted by molar-refractivity contribution is -0.0873. The zero-order valence-corrected chi connectivity index (χ0v) is 8.23. The van der Waals surface area contributed by atoms with Crippen LogP contribution in [0.15, 0.2) is 0 Å². The van der Waals surface area contributed by atoms with Crippen LogP contribution in [-0.2, 0) is 14.2 Å². The van der Waals surface area contributed by atoms with Crippen LogP contribution in [0.4, 0.5) is 0 Å². The Balaban J connectivity index is 2.05. The van der Waals surface area contributed by atoms with Gasteiger partial charge in [-0.25, -0.2) is 0 Å². The average molecular weight is 190 g/mol. The van der Waals surface area contributed by atoms with E-state index in [4.69, 9.17) is 14.2 Å². The van der Waals surface area contributed by atoms with E-state index in [2.05, 4.69) is 0 Å². The molecule has 0 amide bonds. The summed E-state index contributed by atoms with van der Waals surface area (Å²) in [4.78, 5) is 0. The van der Waals surface area contributed by atoms with Gasteiger partial charge in [0.05, 0.1) is 32.0 Å². The van der Waals surface area contributed by atoms with Crippen LogP contribution in [0.3, 0.4) is 0 Å². The van der Waals surface area contributed by atoms with Gasteiger partial charge in [0, 0.05) is 6.42 Å². The first-order valence-corrected chi connectivity index (χ1v) is 4.71. The minimum absolute atomic E-state index is 0.153. The summed E-state index contributed by atoms with van der Waals surface area (Å²) < 4.78 is 15.6. The maximum Gasteiger partial charge on any atom is 0.160 e. The van der Waals surface area contributed by atoms with Crippen molar-refractivity contribution in [2.24, 2.45) is 0 Å². The van der Waals surface area contributed by atoms with Gasteiger partial charge in [0.15, 0.2) is 6.29 Å². The van der Waals surface area contributed by atoms with E-state index in [0.717, 1.165) is 0 Å². The molecule has 1 aliphatic rings. The first-order chi connectivity index (χ1) is 6.18. The number of hydrogen-bond acceptors (Lipinski definition) is 4. The van der Waals surface area contributed by atoms with Crippen molar-refractivity contribution < 1.29 is 19.3 Å². The predicted molar refractivity (Wildman–Crippen MR) is 47.4 cm³/mol. The van der Waals surface area contributed by atoms with Crippen LogP contribution < -0.4 is 0 Å². The van der Waals surface area contributed by atoms with Gasteiger partial charge < -0.3 is 19.3 Å². The van der Waals surface area contributed by atoms with Crippen LogP contribution in [-0.4, -0.2) is 43.4 Å². The minimum atomic E-state index is -0.495. The topological polar surface area (TPSA) is 47.9 Å². The molecule has 1 saturated heterocycles. The number of hydrogen-bond donors (Lipinski definition) is 1. The zero-order chi connectivity index (χ0) is 9.68. The molecule has 1 N–H and O–H groups in total. The molecule has 13 heavy (non-hydrogen) atoms. The van der Waals surface area contributed by atoms with Crippen molar-refractivity contribution in [1.29, 1.82) is 0 Å². The van der Waals surface area contributed by atoms with Gasteiger partial charge in [-0.1, -0.05) is 0 Å². The van der Waals surface area contributed by atoms with E-state index in [1.54, 1.807) is 0 Å². The Morgan fingerprint density at radius 1 is 1.38 bits per heavy atom. The van der Waals surface area contributed by atoms with Gasteiger partial charge in [-0.2, -0.15) is 0 Å². The van der Waals surface area contributed by atoms with Gasteiger partial charge >= 0.3 is 0 Å². The first-order valence-electron chi connectivity index (χ1n) is 4.71. The van der Waals surface area contributed by atoms with E-state index in [1.807, 2.05) is 13.8 Å². The lowest BCUT2D eigenvalue weighted by atomic mass is 10.2. The van der Waals surface area contributed by atoms with E-state index < -0.39 is 6.10 Å². The highest BCUT2D eigenvalue weighted by atomic mass is 16.7. The molecular weight excluding hydrogens is 172 g/mol. The van der Waals surface area contributed by atoms with Crippen LogP contribution in [0.1, 0.15) is 20.3 Å². The molecule has 0 spiro atoms. The summed E-state index contributed by atoms with van der Waals surface area (Å²) in [6.07, 6.45) is -0.0940. The van der Waals surface area contributed by atoms with E-state index in [9.17, 15) is 5.11 Å². The lowest BCUT2D eigenvalue weighted by Crippen LogP contribution is -2.24. The van der Waals surface area contributed by atoms with Crippen LogP contribution in [0.5, 0.6) is 0 Å². The Morgan fingerprint density at radius 2 is 2.00 bits per heavy atom. The maximum atomic E-state index is 9.47. The molecule has 0 aliphatic carbocycles. The smallest absolute Gasteiger partial charge is 0.160 e. The Morgan fingerprint density at radius 3 is 2.54 bits per heavy atom. The molecule has 0 aromatic heterocycles. The summed E-state index contributed by atoms with van der Waals surface area (Å²) in [6.45, 7) is 5.48. The standard InChI is InChI=1S/C9H18O4/c1-7(2)13-6-8(10)5-9-11-3-4-12-9/h7-10H,3-6H2,1-2H3. The molecule has 78 valence electrons. The van der Waals surface area contributed by atoms with Crippen LogP contribution in [0, 0.1) is 0 Å². The van der Waals surface area contributed by atoms with Crippen molar-refractivity contribution >= 4 is 0 Å². The molecule has 4 nitrogen and oxygen atoms in total. The highest BCUT2D eigenvalue weighted by molar-refractivity contribution is 4.61. The normalized spacial score (nSPS) is 21.2. The average Bonchev–Trinajstić information content (AvgIpc) is 2.53. The van der Waals surface area contributed by atoms with Crippen molar-refractivity contribution in [2.45, 2.75) is 38.8 Å². The summed E-state index contributed by atoms with van der Waals surface area (Å²) in [5.74, 6) is 0. The second kappa shape index (κ2) is 5.54. The summed E-state index contributed by atoms with van der Waals surface area (Å²) in [5, 5.41) is 9.47. The van der Waals surface area contributed by atoms with Crippen molar-refractivity contribution in [3.05, 3.63) is 0 Å². The minimum Gasteiger partial charge on any atom is -0.391 e. The van der Waals surface area contributed by atoms with Crippen molar-refractivity contribution in [3.8, 4) is 0 Å². The third-order valence-corrected chi connectivity index (χ3v) is 1.78. The Kier molecular flexibility index (Phi) is 4.66. The predicted octanol–water partition coefficient (Wildman–Crippen LogP) is 0.535. The summed E-state index contributed by atoms with van der Waals surface area (Å²) in [5.41, 5.74) is 0. The fourth-order valence-corrected chi connectivity index (χ4v) is 1.14. The molecule has 1 unspecified atom stereocenters. The largest absolute Gasteiger partial charge is 0.391 e. The number of aliphatic hydroxyl groups is 1. The first kappa shape index (κ1) is 10.9. The van der Waals surface area contributed by atoms with E-state index >= 15 is 0 Å². The van der Waals surface area contributed by atoms with E-state index in [-0.39, 0.29) is 12.4 Å². The van der Waals surface area contributed by atoms with Gasteiger partial charge in [0.1, 0.15) is 0 Å². The summed E-state index contributed by atoms with van der Waals surface area (Å²) in [7, 11) is 0. The monoisotopic (exact) mass is 190 g/mol. The lowest BCUT2D eigenvalue weighted by Gasteiger charge is -2.16. The van der Waals surface area contributed by atoms with E-state index in [0.29, 0.717) is 26.2 Å². The molecule has 0 aromatic rings. The molecule has 1 heterocycles. The molecular formula is C9H18O4. The summed E-state index contributed by atoms with van der Waals surface area (Å²) >= 11 is 0. The molecule has 1 rings (SSSR count). The van der Waals surface area contributed by atoms with E-state index in [1.165, 1.54) is 0 Å². The quantitative estimate of drug-likeness (QED) is 0.687. The molecule has 1 atom stereocenters. The highest BCUT2D eigenvalue weighted by Crippen LogP contribution is 2.10. The van der Waals surface area contributed by atoms with Crippen molar-refractivity contribution in [3.63, 3.8) is 0 Å². The molecule has 4 heteroatoms. The van der Waals surface area contributed by atoms with Crippen molar-refractivity contribution in [2.75, 3.05) is 19.8 Å². The molecule has 0 aromatic carbocycles. The fraction of sp³-hybridized carbons (Fsp3) is 1.00. The van der Waals surface area contributed by atoms with Gasteiger partial charge in [-0.15, -0.1) is 0 Å². The van der Waals surface area contributed by atoms with Gasteiger partial charge in [-0.3, -0.25) is 0 Å². The van der Waals surface area contributed by atoms with Gasteiger partial charge in [0.25, 0.3) is 0 Å². The molecule has 0 bridgehead atoms. The molecule has 1 fully saturated rings. The van der Waals surface area contributed by atoms with Gasteiger partial charge in [-0.05, 0) is 13.8 Å². The number of aliphatic hydroxyl groups excluding tert-OH is 1. The molecule has 0 radical (unpaired) electrons. The molecule has 1 aliphatic heterocycles. The molecule has 0 saturated carbocycles.